The van der Waals surface area contributed by atoms with Gasteiger partial charge in [0.1, 0.15) is 11.9 Å². The molecule has 0 bridgehead atoms. The molecule has 0 aliphatic heterocycles. The average molecular weight is 499 g/mol. The lowest BCUT2D eigenvalue weighted by Gasteiger charge is -2.33. The first-order valence-corrected chi connectivity index (χ1v) is 12.3. The van der Waals surface area contributed by atoms with Crippen LogP contribution >= 0.6 is 35.0 Å². The number of carbonyl (C=O) groups excluding carboxylic acids is 2. The minimum atomic E-state index is -0.627. The fourth-order valence-corrected chi connectivity index (χ4v) is 4.31. The minimum absolute atomic E-state index is 0.157. The van der Waals surface area contributed by atoms with E-state index in [1.165, 1.54) is 23.9 Å². The monoisotopic (exact) mass is 498 g/mol. The molecule has 0 spiro atoms. The maximum atomic E-state index is 13.3. The highest BCUT2D eigenvalue weighted by atomic mass is 35.5. The van der Waals surface area contributed by atoms with Crippen molar-refractivity contribution in [1.29, 1.82) is 0 Å². The Morgan fingerprint density at radius 3 is 2.25 bits per heavy atom. The van der Waals surface area contributed by atoms with Gasteiger partial charge in [-0.05, 0) is 62.6 Å². The number of benzene rings is 2. The zero-order chi connectivity index (χ0) is 23.9. The van der Waals surface area contributed by atoms with Gasteiger partial charge in [-0.3, -0.25) is 9.59 Å². The summed E-state index contributed by atoms with van der Waals surface area (Å²) in [5.41, 5.74) is 1.30. The number of nitrogens with zero attached hydrogens (tertiary/aromatic N) is 1. The second kappa shape index (κ2) is 11.9. The van der Waals surface area contributed by atoms with E-state index in [0.717, 1.165) is 11.1 Å². The van der Waals surface area contributed by atoms with Crippen molar-refractivity contribution in [3.63, 3.8) is 0 Å². The van der Waals surface area contributed by atoms with Crippen LogP contribution in [0.25, 0.3) is 0 Å². The van der Waals surface area contributed by atoms with Crippen LogP contribution < -0.4 is 5.32 Å². The summed E-state index contributed by atoms with van der Waals surface area (Å²) in [6.45, 7) is 7.80. The van der Waals surface area contributed by atoms with E-state index in [-0.39, 0.29) is 29.9 Å². The normalized spacial score (nSPS) is 12.3. The number of nitrogens with one attached hydrogen (secondary N) is 1. The SMILES string of the molecule is CC[C@H](C(=O)NC(C)(C)C)N(Cc1ccc(F)cc1)C(=O)CSCc1ccc(Cl)c(Cl)c1. The molecule has 0 fully saturated rings. The highest BCUT2D eigenvalue weighted by Crippen LogP contribution is 2.25. The average Bonchev–Trinajstić information content (AvgIpc) is 2.70. The molecule has 0 aromatic heterocycles. The zero-order valence-electron chi connectivity index (χ0n) is 18.8. The van der Waals surface area contributed by atoms with Crippen molar-refractivity contribution in [2.45, 2.75) is 58.0 Å². The van der Waals surface area contributed by atoms with Crippen LogP contribution in [0.2, 0.25) is 10.0 Å². The second-order valence-electron chi connectivity index (χ2n) is 8.55. The van der Waals surface area contributed by atoms with Crippen LogP contribution in [0.15, 0.2) is 42.5 Å². The molecular formula is C24H29Cl2FN2O2S. The van der Waals surface area contributed by atoms with E-state index in [0.29, 0.717) is 22.2 Å². The first-order chi connectivity index (χ1) is 15.0. The van der Waals surface area contributed by atoms with E-state index in [1.54, 1.807) is 29.2 Å². The largest absolute Gasteiger partial charge is 0.350 e. The molecule has 2 rings (SSSR count). The van der Waals surface area contributed by atoms with Gasteiger partial charge in [-0.25, -0.2) is 4.39 Å². The fraction of sp³-hybridized carbons (Fsp3) is 0.417. The van der Waals surface area contributed by atoms with Crippen LogP contribution in [0.5, 0.6) is 0 Å². The van der Waals surface area contributed by atoms with Gasteiger partial charge >= 0.3 is 0 Å². The quantitative estimate of drug-likeness (QED) is 0.455. The third-order valence-corrected chi connectivity index (χ3v) is 6.36. The van der Waals surface area contributed by atoms with E-state index < -0.39 is 11.6 Å². The summed E-state index contributed by atoms with van der Waals surface area (Å²) in [5, 5.41) is 3.92. The number of hydrogen-bond acceptors (Lipinski definition) is 3. The standard InChI is InChI=1S/C24H29Cl2FN2O2S/c1-5-21(23(31)28-24(2,3)4)29(13-16-6-9-18(27)10-7-16)22(30)15-32-14-17-8-11-19(25)20(26)12-17/h6-12,21H,5,13-15H2,1-4H3,(H,28,31)/t21-/m1/s1. The maximum absolute atomic E-state index is 13.3. The summed E-state index contributed by atoms with van der Waals surface area (Å²) < 4.78 is 13.3. The molecular weight excluding hydrogens is 470 g/mol. The van der Waals surface area contributed by atoms with Crippen molar-refractivity contribution in [1.82, 2.24) is 10.2 Å². The summed E-state index contributed by atoms with van der Waals surface area (Å²) in [6.07, 6.45) is 0.465. The van der Waals surface area contributed by atoms with Crippen LogP contribution in [-0.4, -0.2) is 34.0 Å². The van der Waals surface area contributed by atoms with Crippen molar-refractivity contribution in [2.24, 2.45) is 0 Å². The summed E-state index contributed by atoms with van der Waals surface area (Å²) in [7, 11) is 0. The Bertz CT molecular complexity index is 933. The molecule has 174 valence electrons. The Balaban J connectivity index is 2.15. The molecule has 0 saturated heterocycles. The number of halogens is 3. The third-order valence-electron chi connectivity index (χ3n) is 4.63. The van der Waals surface area contributed by atoms with Crippen molar-refractivity contribution >= 4 is 46.8 Å². The van der Waals surface area contributed by atoms with E-state index in [4.69, 9.17) is 23.2 Å². The molecule has 2 aromatic carbocycles. The van der Waals surface area contributed by atoms with Crippen LogP contribution in [0, 0.1) is 5.82 Å². The van der Waals surface area contributed by atoms with Crippen LogP contribution in [0.4, 0.5) is 4.39 Å². The van der Waals surface area contributed by atoms with E-state index >= 15 is 0 Å². The molecule has 2 amide bonds. The van der Waals surface area contributed by atoms with E-state index in [1.807, 2.05) is 33.8 Å². The van der Waals surface area contributed by atoms with Gasteiger partial charge in [0.2, 0.25) is 11.8 Å². The lowest BCUT2D eigenvalue weighted by Crippen LogP contribution is -2.53. The third kappa shape index (κ3) is 8.30. The molecule has 0 heterocycles. The molecule has 1 N–H and O–H groups in total. The van der Waals surface area contributed by atoms with Crippen molar-refractivity contribution in [2.75, 3.05) is 5.75 Å². The Morgan fingerprint density at radius 2 is 1.69 bits per heavy atom. The van der Waals surface area contributed by atoms with Gasteiger partial charge < -0.3 is 10.2 Å². The van der Waals surface area contributed by atoms with Gasteiger partial charge in [0.05, 0.1) is 15.8 Å². The van der Waals surface area contributed by atoms with Crippen molar-refractivity contribution < 1.29 is 14.0 Å². The van der Waals surface area contributed by atoms with Gasteiger partial charge in [0.15, 0.2) is 0 Å². The predicted octanol–water partition coefficient (Wildman–Crippen LogP) is 6.09. The van der Waals surface area contributed by atoms with Gasteiger partial charge in [0, 0.05) is 17.8 Å². The first kappa shape index (κ1) is 26.5. The Morgan fingerprint density at radius 1 is 1.06 bits per heavy atom. The van der Waals surface area contributed by atoms with Crippen molar-refractivity contribution in [3.8, 4) is 0 Å². The van der Waals surface area contributed by atoms with Crippen LogP contribution in [0.3, 0.4) is 0 Å². The molecule has 0 radical (unpaired) electrons. The molecule has 0 aliphatic carbocycles. The zero-order valence-corrected chi connectivity index (χ0v) is 21.1. The van der Waals surface area contributed by atoms with Crippen LogP contribution in [0.1, 0.15) is 45.2 Å². The molecule has 2 aromatic rings. The topological polar surface area (TPSA) is 49.4 Å². The fourth-order valence-electron chi connectivity index (χ4n) is 3.13. The lowest BCUT2D eigenvalue weighted by molar-refractivity contribution is -0.140. The Hall–Kier alpha value is -1.76. The summed E-state index contributed by atoms with van der Waals surface area (Å²) >= 11 is 13.5. The number of hydrogen-bond donors (Lipinski definition) is 1. The first-order valence-electron chi connectivity index (χ1n) is 10.4. The Kier molecular flexibility index (Phi) is 9.86. The summed E-state index contributed by atoms with van der Waals surface area (Å²) in [5.74, 6) is 0.0696. The summed E-state index contributed by atoms with van der Waals surface area (Å²) in [4.78, 5) is 27.7. The molecule has 32 heavy (non-hydrogen) atoms. The molecule has 1 atom stereocenters. The highest BCUT2D eigenvalue weighted by molar-refractivity contribution is 7.99. The van der Waals surface area contributed by atoms with E-state index in [2.05, 4.69) is 5.32 Å². The molecule has 8 heteroatoms. The molecule has 0 saturated carbocycles. The summed E-state index contributed by atoms with van der Waals surface area (Å²) in [6, 6.07) is 10.7. The van der Waals surface area contributed by atoms with Crippen molar-refractivity contribution in [3.05, 3.63) is 69.5 Å². The van der Waals surface area contributed by atoms with Gasteiger partial charge in [0.25, 0.3) is 0 Å². The van der Waals surface area contributed by atoms with E-state index in [9.17, 15) is 14.0 Å². The number of thioether (sulfide) groups is 1. The number of rotatable bonds is 9. The number of carbonyl (C=O) groups is 2. The molecule has 0 unspecified atom stereocenters. The second-order valence-corrected chi connectivity index (χ2v) is 10.4. The van der Waals surface area contributed by atoms with Gasteiger partial charge in [-0.2, -0.15) is 0 Å². The van der Waals surface area contributed by atoms with Gasteiger partial charge in [-0.1, -0.05) is 48.3 Å². The molecule has 0 aliphatic rings. The molecule has 4 nitrogen and oxygen atoms in total. The van der Waals surface area contributed by atoms with Crippen LogP contribution in [-0.2, 0) is 21.9 Å². The minimum Gasteiger partial charge on any atom is -0.350 e. The Labute approximate surface area is 203 Å². The smallest absolute Gasteiger partial charge is 0.243 e. The predicted molar refractivity (Wildman–Crippen MR) is 132 cm³/mol. The highest BCUT2D eigenvalue weighted by Gasteiger charge is 2.30. The number of amides is 2. The van der Waals surface area contributed by atoms with Gasteiger partial charge in [-0.15, -0.1) is 11.8 Å². The maximum Gasteiger partial charge on any atom is 0.243 e. The lowest BCUT2D eigenvalue weighted by atomic mass is 10.1.